The van der Waals surface area contributed by atoms with Gasteiger partial charge in [0.15, 0.2) is 5.82 Å². The number of carbonyl (C=O) groups is 1. The zero-order valence-corrected chi connectivity index (χ0v) is 15.7. The fraction of sp³-hybridized carbons (Fsp3) is 0.250. The Bertz CT molecular complexity index is 1000. The number of pyridine rings is 1. The summed E-state index contributed by atoms with van der Waals surface area (Å²) in [5.41, 5.74) is 0.653. The molecule has 146 valence electrons. The van der Waals surface area contributed by atoms with Gasteiger partial charge in [0.25, 0.3) is 12.2 Å². The standard InChI is InChI=1S/C20H20FN3O4/c1-5-12-8-13-9-14(10-15(21)17(13)22-11-12)28-19(26-4)18(25)23-20(2,3)16-6-7-27-24-16/h5-11,19H,1H2,2-4H3,(H,23,25). The van der Waals surface area contributed by atoms with E-state index in [1.165, 1.54) is 19.6 Å². The molecule has 2 heterocycles. The van der Waals surface area contributed by atoms with Crippen molar-refractivity contribution in [3.05, 3.63) is 60.4 Å². The highest BCUT2D eigenvalue weighted by Crippen LogP contribution is 2.25. The summed E-state index contributed by atoms with van der Waals surface area (Å²) in [6, 6.07) is 6.11. The zero-order valence-electron chi connectivity index (χ0n) is 15.7. The maximum absolute atomic E-state index is 14.4. The lowest BCUT2D eigenvalue weighted by molar-refractivity contribution is -0.150. The second-order valence-electron chi connectivity index (χ2n) is 6.63. The molecule has 8 heteroatoms. The molecule has 3 aromatic rings. The molecule has 0 fully saturated rings. The van der Waals surface area contributed by atoms with Crippen LogP contribution in [0.4, 0.5) is 4.39 Å². The van der Waals surface area contributed by atoms with Crippen LogP contribution in [0.1, 0.15) is 25.1 Å². The van der Waals surface area contributed by atoms with E-state index in [0.29, 0.717) is 11.1 Å². The molecular weight excluding hydrogens is 365 g/mol. The summed E-state index contributed by atoms with van der Waals surface area (Å²) in [4.78, 5) is 16.7. The predicted molar refractivity (Wildman–Crippen MR) is 101 cm³/mol. The van der Waals surface area contributed by atoms with E-state index in [9.17, 15) is 9.18 Å². The number of nitrogens with one attached hydrogen (secondary N) is 1. The monoisotopic (exact) mass is 385 g/mol. The van der Waals surface area contributed by atoms with Crippen LogP contribution in [0.5, 0.6) is 5.75 Å². The number of rotatable bonds is 7. The van der Waals surface area contributed by atoms with Gasteiger partial charge in [-0.2, -0.15) is 0 Å². The molecule has 0 aliphatic heterocycles. The van der Waals surface area contributed by atoms with E-state index in [0.717, 1.165) is 11.6 Å². The van der Waals surface area contributed by atoms with Crippen molar-refractivity contribution in [2.75, 3.05) is 7.11 Å². The fourth-order valence-electron chi connectivity index (χ4n) is 2.67. The van der Waals surface area contributed by atoms with Gasteiger partial charge < -0.3 is 19.3 Å². The van der Waals surface area contributed by atoms with Crippen molar-refractivity contribution in [2.45, 2.75) is 25.7 Å². The third-order valence-electron chi connectivity index (χ3n) is 4.15. The SMILES string of the molecule is C=Cc1cnc2c(F)cc(OC(OC)C(=O)NC(C)(C)c3ccon3)cc2c1. The maximum Gasteiger partial charge on any atom is 0.290 e. The Morgan fingerprint density at radius 2 is 2.18 bits per heavy atom. The van der Waals surface area contributed by atoms with Crippen molar-refractivity contribution in [1.82, 2.24) is 15.5 Å². The van der Waals surface area contributed by atoms with Crippen LogP contribution in [0.2, 0.25) is 0 Å². The number of ether oxygens (including phenoxy) is 2. The van der Waals surface area contributed by atoms with Gasteiger partial charge in [-0.3, -0.25) is 9.78 Å². The van der Waals surface area contributed by atoms with Gasteiger partial charge >= 0.3 is 0 Å². The average Bonchev–Trinajstić information content (AvgIpc) is 3.21. The minimum Gasteiger partial charge on any atom is -0.455 e. The predicted octanol–water partition coefficient (Wildman–Crippen LogP) is 3.41. The van der Waals surface area contributed by atoms with E-state index >= 15 is 0 Å². The number of amides is 1. The fourth-order valence-corrected chi connectivity index (χ4v) is 2.67. The topological polar surface area (TPSA) is 86.5 Å². The molecule has 0 spiro atoms. The first kappa shape index (κ1) is 19.5. The first-order valence-electron chi connectivity index (χ1n) is 8.48. The number of nitrogens with zero attached hydrogens (tertiary/aromatic N) is 2. The lowest BCUT2D eigenvalue weighted by Gasteiger charge is -2.26. The van der Waals surface area contributed by atoms with E-state index in [1.54, 1.807) is 38.1 Å². The van der Waals surface area contributed by atoms with E-state index in [-0.39, 0.29) is 11.3 Å². The van der Waals surface area contributed by atoms with Crippen LogP contribution in [0.15, 0.2) is 47.8 Å². The van der Waals surface area contributed by atoms with Crippen molar-refractivity contribution < 1.29 is 23.2 Å². The van der Waals surface area contributed by atoms with Crippen LogP contribution in [0.3, 0.4) is 0 Å². The highest BCUT2D eigenvalue weighted by molar-refractivity contribution is 5.83. The molecular formula is C20H20FN3O4. The summed E-state index contributed by atoms with van der Waals surface area (Å²) in [5.74, 6) is -0.982. The number of hydrogen-bond donors (Lipinski definition) is 1. The number of methoxy groups -OCH3 is 1. The molecule has 0 saturated carbocycles. The second-order valence-corrected chi connectivity index (χ2v) is 6.63. The Kier molecular flexibility index (Phi) is 5.41. The molecule has 0 bridgehead atoms. The van der Waals surface area contributed by atoms with Gasteiger partial charge in [0.1, 0.15) is 23.2 Å². The Balaban J connectivity index is 1.82. The lowest BCUT2D eigenvalue weighted by Crippen LogP contribution is -2.48. The molecule has 1 N–H and O–H groups in total. The smallest absolute Gasteiger partial charge is 0.290 e. The number of carbonyl (C=O) groups excluding carboxylic acids is 1. The van der Waals surface area contributed by atoms with E-state index in [1.807, 2.05) is 0 Å². The Hall–Kier alpha value is -3.26. The second kappa shape index (κ2) is 7.77. The van der Waals surface area contributed by atoms with Crippen LogP contribution >= 0.6 is 0 Å². The number of fused-ring (bicyclic) bond motifs is 1. The summed E-state index contributed by atoms with van der Waals surface area (Å²) in [6.07, 6.45) is 3.25. The molecule has 7 nitrogen and oxygen atoms in total. The van der Waals surface area contributed by atoms with Gasteiger partial charge in [-0.25, -0.2) is 4.39 Å². The summed E-state index contributed by atoms with van der Waals surface area (Å²) in [5, 5.41) is 7.12. The van der Waals surface area contributed by atoms with E-state index in [2.05, 4.69) is 22.0 Å². The van der Waals surface area contributed by atoms with E-state index < -0.39 is 23.6 Å². The number of aromatic nitrogens is 2. The van der Waals surface area contributed by atoms with Crippen LogP contribution in [0, 0.1) is 5.82 Å². The van der Waals surface area contributed by atoms with Crippen molar-refractivity contribution in [2.24, 2.45) is 0 Å². The van der Waals surface area contributed by atoms with Gasteiger partial charge in [-0.1, -0.05) is 17.8 Å². The average molecular weight is 385 g/mol. The van der Waals surface area contributed by atoms with Crippen molar-refractivity contribution in [1.29, 1.82) is 0 Å². The highest BCUT2D eigenvalue weighted by Gasteiger charge is 2.30. The van der Waals surface area contributed by atoms with Crippen molar-refractivity contribution in [3.8, 4) is 5.75 Å². The lowest BCUT2D eigenvalue weighted by atomic mass is 10.0. The van der Waals surface area contributed by atoms with Crippen LogP contribution in [0.25, 0.3) is 17.0 Å². The molecule has 0 aliphatic rings. The minimum atomic E-state index is -1.29. The number of hydrogen-bond acceptors (Lipinski definition) is 6. The van der Waals surface area contributed by atoms with Gasteiger partial charge in [0, 0.05) is 30.8 Å². The molecule has 1 aromatic carbocycles. The molecule has 28 heavy (non-hydrogen) atoms. The Morgan fingerprint density at radius 3 is 2.82 bits per heavy atom. The molecule has 1 amide bonds. The Morgan fingerprint density at radius 1 is 1.39 bits per heavy atom. The summed E-state index contributed by atoms with van der Waals surface area (Å²) in [6.45, 7) is 7.19. The summed E-state index contributed by atoms with van der Waals surface area (Å²) < 4.78 is 29.9. The molecule has 1 unspecified atom stereocenters. The quantitative estimate of drug-likeness (QED) is 0.627. The maximum atomic E-state index is 14.4. The molecule has 0 radical (unpaired) electrons. The van der Waals surface area contributed by atoms with E-state index in [4.69, 9.17) is 14.0 Å². The largest absolute Gasteiger partial charge is 0.455 e. The van der Waals surface area contributed by atoms with Crippen LogP contribution in [-0.4, -0.2) is 29.4 Å². The first-order valence-corrected chi connectivity index (χ1v) is 8.48. The minimum absolute atomic E-state index is 0.134. The third-order valence-corrected chi connectivity index (χ3v) is 4.15. The molecule has 0 saturated heterocycles. The van der Waals surface area contributed by atoms with Gasteiger partial charge in [-0.15, -0.1) is 0 Å². The molecule has 1 atom stereocenters. The van der Waals surface area contributed by atoms with Gasteiger partial charge in [0.05, 0.1) is 5.54 Å². The molecule has 0 aliphatic carbocycles. The number of halogens is 1. The first-order chi connectivity index (χ1) is 13.3. The summed E-state index contributed by atoms with van der Waals surface area (Å²) >= 11 is 0. The van der Waals surface area contributed by atoms with Gasteiger partial charge in [-0.05, 0) is 31.5 Å². The van der Waals surface area contributed by atoms with Gasteiger partial charge in [0.2, 0.25) is 0 Å². The molecule has 2 aromatic heterocycles. The third kappa shape index (κ3) is 4.01. The molecule has 3 rings (SSSR count). The van der Waals surface area contributed by atoms with Crippen molar-refractivity contribution in [3.63, 3.8) is 0 Å². The zero-order chi connectivity index (χ0) is 20.3. The Labute approximate surface area is 161 Å². The van der Waals surface area contributed by atoms with Crippen molar-refractivity contribution >= 4 is 22.9 Å². The number of benzene rings is 1. The summed E-state index contributed by atoms with van der Waals surface area (Å²) in [7, 11) is 1.32. The van der Waals surface area contributed by atoms with Crippen LogP contribution < -0.4 is 10.1 Å². The highest BCUT2D eigenvalue weighted by atomic mass is 19.1. The normalized spacial score (nSPS) is 12.6. The van der Waals surface area contributed by atoms with Crippen LogP contribution in [-0.2, 0) is 15.1 Å².